The van der Waals surface area contributed by atoms with Crippen LogP contribution < -0.4 is 0 Å². The molecule has 1 unspecified atom stereocenters. The van der Waals surface area contributed by atoms with E-state index in [1.807, 2.05) is 0 Å². The fraction of sp³-hybridized carbons (Fsp3) is 1.00. The molecule has 0 amide bonds. The minimum Gasteiger partial charge on any atom is -0.388 e. The van der Waals surface area contributed by atoms with Gasteiger partial charge >= 0.3 is 0 Å². The van der Waals surface area contributed by atoms with Gasteiger partial charge in [-0.25, -0.2) is 0 Å². The molecule has 5 heteroatoms. The topological polar surface area (TPSA) is 79.2 Å². The molecule has 0 aliphatic carbocycles. The highest BCUT2D eigenvalue weighted by atomic mass is 16.6. The van der Waals surface area contributed by atoms with Crippen LogP contribution >= 0.6 is 0 Å². The molecule has 3 N–H and O–H groups in total. The smallest absolute Gasteiger partial charge is 0.183 e. The van der Waals surface area contributed by atoms with Gasteiger partial charge in [0, 0.05) is 7.11 Å². The molecule has 1 heterocycles. The number of aliphatic hydroxyl groups excluding tert-OH is 3. The normalized spacial score (nSPS) is 49.2. The lowest BCUT2D eigenvalue weighted by Crippen LogP contribution is -2.57. The highest BCUT2D eigenvalue weighted by Gasteiger charge is 2.42. The minimum atomic E-state index is -1.28. The van der Waals surface area contributed by atoms with E-state index in [4.69, 9.17) is 14.6 Å². The van der Waals surface area contributed by atoms with Crippen LogP contribution in [0.25, 0.3) is 0 Å². The monoisotopic (exact) mass is 178 g/mol. The van der Waals surface area contributed by atoms with Gasteiger partial charge in [-0.15, -0.1) is 0 Å². The second kappa shape index (κ2) is 3.68. The van der Waals surface area contributed by atoms with Gasteiger partial charge in [-0.05, 0) is 6.92 Å². The number of methoxy groups -OCH3 is 1. The van der Waals surface area contributed by atoms with Crippen molar-refractivity contribution in [3.05, 3.63) is 0 Å². The second-order valence-corrected chi connectivity index (χ2v) is 2.91. The summed E-state index contributed by atoms with van der Waals surface area (Å²) in [6.07, 6.45) is -4.71. The van der Waals surface area contributed by atoms with Gasteiger partial charge < -0.3 is 24.8 Å². The summed E-state index contributed by atoms with van der Waals surface area (Å²) in [7, 11) is 1.36. The van der Waals surface area contributed by atoms with Gasteiger partial charge in [0.25, 0.3) is 0 Å². The molecule has 12 heavy (non-hydrogen) atoms. The fourth-order valence-corrected chi connectivity index (χ4v) is 1.29. The molecule has 0 radical (unpaired) electrons. The highest BCUT2D eigenvalue weighted by Crippen LogP contribution is 2.21. The largest absolute Gasteiger partial charge is 0.388 e. The van der Waals surface area contributed by atoms with E-state index in [0.29, 0.717) is 0 Å². The van der Waals surface area contributed by atoms with E-state index >= 15 is 0 Å². The van der Waals surface area contributed by atoms with Gasteiger partial charge in [0.1, 0.15) is 18.3 Å². The van der Waals surface area contributed by atoms with Crippen molar-refractivity contribution in [2.45, 2.75) is 37.6 Å². The van der Waals surface area contributed by atoms with E-state index in [1.165, 1.54) is 7.11 Å². The van der Waals surface area contributed by atoms with Crippen LogP contribution in [0.4, 0.5) is 0 Å². The standard InChI is InChI=1S/C7H14O5/c1-3-4(8)6(11-2)5(9)7(10)12-3/h3-10H,1-2H3/t3-,4-,5+,6+,7?/m1/s1. The van der Waals surface area contributed by atoms with E-state index in [2.05, 4.69) is 0 Å². The average Bonchev–Trinajstić information content (AvgIpc) is 2.02. The maximum Gasteiger partial charge on any atom is 0.183 e. The molecule has 0 aromatic heterocycles. The first-order valence-electron chi connectivity index (χ1n) is 3.80. The van der Waals surface area contributed by atoms with Crippen molar-refractivity contribution < 1.29 is 24.8 Å². The van der Waals surface area contributed by atoms with Crippen LogP contribution in [-0.2, 0) is 9.47 Å². The third kappa shape index (κ3) is 1.60. The number of rotatable bonds is 1. The lowest BCUT2D eigenvalue weighted by Gasteiger charge is -2.38. The van der Waals surface area contributed by atoms with E-state index in [0.717, 1.165) is 0 Å². The van der Waals surface area contributed by atoms with Gasteiger partial charge in [0.15, 0.2) is 6.29 Å². The Labute approximate surface area is 70.5 Å². The molecular weight excluding hydrogens is 164 g/mol. The van der Waals surface area contributed by atoms with Crippen molar-refractivity contribution in [2.24, 2.45) is 0 Å². The minimum absolute atomic E-state index is 0.534. The van der Waals surface area contributed by atoms with Crippen molar-refractivity contribution in [3.63, 3.8) is 0 Å². The van der Waals surface area contributed by atoms with Crippen LogP contribution in [0.5, 0.6) is 0 Å². The fourth-order valence-electron chi connectivity index (χ4n) is 1.29. The zero-order chi connectivity index (χ0) is 9.30. The van der Waals surface area contributed by atoms with Crippen molar-refractivity contribution in [2.75, 3.05) is 7.11 Å². The van der Waals surface area contributed by atoms with Gasteiger partial charge in [-0.1, -0.05) is 0 Å². The van der Waals surface area contributed by atoms with Crippen LogP contribution in [0.3, 0.4) is 0 Å². The van der Waals surface area contributed by atoms with Gasteiger partial charge in [-0.2, -0.15) is 0 Å². The Kier molecular flexibility index (Phi) is 3.03. The molecule has 0 bridgehead atoms. The average molecular weight is 178 g/mol. The first-order valence-corrected chi connectivity index (χ1v) is 3.80. The van der Waals surface area contributed by atoms with Crippen molar-refractivity contribution in [1.82, 2.24) is 0 Å². The quantitative estimate of drug-likeness (QED) is 0.453. The van der Waals surface area contributed by atoms with Crippen LogP contribution in [0.15, 0.2) is 0 Å². The summed E-state index contributed by atoms with van der Waals surface area (Å²) in [5.41, 5.74) is 0. The molecule has 0 saturated carbocycles. The van der Waals surface area contributed by atoms with Crippen LogP contribution in [0, 0.1) is 0 Å². The summed E-state index contributed by atoms with van der Waals surface area (Å²) in [5, 5.41) is 27.8. The third-order valence-electron chi connectivity index (χ3n) is 2.07. The number of ether oxygens (including phenoxy) is 2. The SMILES string of the molecule is CO[C@H]1[C@H](O)[C@@H](C)OC(O)[C@H]1O. The summed E-state index contributed by atoms with van der Waals surface area (Å²) in [5.74, 6) is 0. The molecule has 5 nitrogen and oxygen atoms in total. The molecule has 0 aromatic rings. The van der Waals surface area contributed by atoms with E-state index in [1.54, 1.807) is 6.92 Å². The van der Waals surface area contributed by atoms with Crippen LogP contribution in [-0.4, -0.2) is 53.1 Å². The Hall–Kier alpha value is -0.200. The molecule has 1 aliphatic heterocycles. The van der Waals surface area contributed by atoms with Crippen molar-refractivity contribution in [1.29, 1.82) is 0 Å². The Morgan fingerprint density at radius 2 is 1.75 bits per heavy atom. The number of hydrogen-bond donors (Lipinski definition) is 3. The first-order chi connectivity index (χ1) is 5.57. The molecule has 0 aromatic carbocycles. The lowest BCUT2D eigenvalue weighted by atomic mass is 10.00. The molecule has 1 saturated heterocycles. The van der Waals surface area contributed by atoms with E-state index in [-0.39, 0.29) is 0 Å². The Morgan fingerprint density at radius 3 is 2.25 bits per heavy atom. The van der Waals surface area contributed by atoms with E-state index < -0.39 is 30.7 Å². The summed E-state index contributed by atoms with van der Waals surface area (Å²) in [6.45, 7) is 1.60. The Balaban J connectivity index is 2.67. The maximum atomic E-state index is 9.40. The van der Waals surface area contributed by atoms with Crippen LogP contribution in [0.1, 0.15) is 6.92 Å². The molecule has 1 aliphatic rings. The molecule has 0 spiro atoms. The summed E-state index contributed by atoms with van der Waals surface area (Å²) in [6, 6.07) is 0. The number of aliphatic hydroxyl groups is 3. The number of hydrogen-bond acceptors (Lipinski definition) is 5. The lowest BCUT2D eigenvalue weighted by molar-refractivity contribution is -0.282. The third-order valence-corrected chi connectivity index (χ3v) is 2.07. The van der Waals surface area contributed by atoms with Gasteiger partial charge in [0.05, 0.1) is 6.10 Å². The molecular formula is C7H14O5. The summed E-state index contributed by atoms with van der Waals surface area (Å²) < 4.78 is 9.63. The van der Waals surface area contributed by atoms with Crippen molar-refractivity contribution >= 4 is 0 Å². The van der Waals surface area contributed by atoms with Crippen molar-refractivity contribution in [3.8, 4) is 0 Å². The van der Waals surface area contributed by atoms with E-state index in [9.17, 15) is 10.2 Å². The molecule has 5 atom stereocenters. The predicted octanol–water partition coefficient (Wildman–Crippen LogP) is -1.54. The zero-order valence-corrected chi connectivity index (χ0v) is 7.04. The van der Waals surface area contributed by atoms with Gasteiger partial charge in [-0.3, -0.25) is 0 Å². The molecule has 72 valence electrons. The summed E-state index contributed by atoms with van der Waals surface area (Å²) >= 11 is 0. The predicted molar refractivity (Wildman–Crippen MR) is 39.4 cm³/mol. The molecule has 1 rings (SSSR count). The maximum absolute atomic E-state index is 9.40. The molecule has 1 fully saturated rings. The summed E-state index contributed by atoms with van der Waals surface area (Å²) in [4.78, 5) is 0. The first kappa shape index (κ1) is 9.88. The highest BCUT2D eigenvalue weighted by molar-refractivity contribution is 4.87. The van der Waals surface area contributed by atoms with Gasteiger partial charge in [0.2, 0.25) is 0 Å². The second-order valence-electron chi connectivity index (χ2n) is 2.91. The van der Waals surface area contributed by atoms with Crippen LogP contribution in [0.2, 0.25) is 0 Å². The zero-order valence-electron chi connectivity index (χ0n) is 7.04. The Bertz CT molecular complexity index is 137. The Morgan fingerprint density at radius 1 is 1.17 bits per heavy atom.